The van der Waals surface area contributed by atoms with Gasteiger partial charge in [0.25, 0.3) is 0 Å². The molecular formula is C19H20Cl2O. The van der Waals surface area contributed by atoms with E-state index >= 15 is 0 Å². The molecule has 0 saturated heterocycles. The Kier molecular flexibility index (Phi) is 6.95. The highest BCUT2D eigenvalue weighted by Crippen LogP contribution is 2.14. The van der Waals surface area contributed by atoms with Gasteiger partial charge in [-0.3, -0.25) is 4.79 Å². The molecule has 1 nitrogen and oxygen atoms in total. The molecule has 0 bridgehead atoms. The second-order valence-electron chi connectivity index (χ2n) is 5.50. The quantitative estimate of drug-likeness (QED) is 0.586. The minimum Gasteiger partial charge on any atom is -0.300 e. The van der Waals surface area contributed by atoms with Gasteiger partial charge in [-0.2, -0.15) is 0 Å². The predicted molar refractivity (Wildman–Crippen MR) is 93.8 cm³/mol. The summed E-state index contributed by atoms with van der Waals surface area (Å²) in [6, 6.07) is 15.7. The van der Waals surface area contributed by atoms with E-state index in [4.69, 9.17) is 23.2 Å². The lowest BCUT2D eigenvalue weighted by atomic mass is 10.0. The van der Waals surface area contributed by atoms with Gasteiger partial charge in [0, 0.05) is 22.9 Å². The average Bonchev–Trinajstić information content (AvgIpc) is 2.51. The van der Waals surface area contributed by atoms with Crippen molar-refractivity contribution in [2.45, 2.75) is 38.5 Å². The Labute approximate surface area is 142 Å². The zero-order valence-corrected chi connectivity index (χ0v) is 14.0. The number of carbonyl (C=O) groups is 1. The van der Waals surface area contributed by atoms with E-state index in [1.807, 2.05) is 48.5 Å². The lowest BCUT2D eigenvalue weighted by Gasteiger charge is -2.03. The van der Waals surface area contributed by atoms with Gasteiger partial charge in [0.15, 0.2) is 0 Å². The lowest BCUT2D eigenvalue weighted by Crippen LogP contribution is -2.00. The summed E-state index contributed by atoms with van der Waals surface area (Å²) in [5, 5.41) is 1.50. The first-order valence-corrected chi connectivity index (χ1v) is 8.39. The molecule has 0 spiro atoms. The number of hydrogen-bond donors (Lipinski definition) is 0. The summed E-state index contributed by atoms with van der Waals surface area (Å²) in [4.78, 5) is 11.9. The third kappa shape index (κ3) is 6.21. The van der Waals surface area contributed by atoms with Crippen molar-refractivity contribution in [1.82, 2.24) is 0 Å². The number of aryl methyl sites for hydroxylation is 2. The van der Waals surface area contributed by atoms with Crippen LogP contribution in [0.25, 0.3) is 0 Å². The molecule has 116 valence electrons. The van der Waals surface area contributed by atoms with Gasteiger partial charge in [0.1, 0.15) is 5.78 Å². The lowest BCUT2D eigenvalue weighted by molar-refractivity contribution is -0.119. The van der Waals surface area contributed by atoms with E-state index in [2.05, 4.69) is 0 Å². The molecule has 2 aromatic carbocycles. The van der Waals surface area contributed by atoms with Crippen molar-refractivity contribution < 1.29 is 4.79 Å². The van der Waals surface area contributed by atoms with Crippen LogP contribution in [0, 0.1) is 0 Å². The van der Waals surface area contributed by atoms with Gasteiger partial charge in [-0.25, -0.2) is 0 Å². The third-order valence-electron chi connectivity index (χ3n) is 3.67. The standard InChI is InChI=1S/C19H20Cl2O/c20-17-11-7-15(8-12-17)3-1-5-19(22)6-2-4-16-9-13-18(21)14-10-16/h7-14H,1-6H2. The van der Waals surface area contributed by atoms with Crippen LogP contribution in [0.1, 0.15) is 36.8 Å². The summed E-state index contributed by atoms with van der Waals surface area (Å²) >= 11 is 11.7. The summed E-state index contributed by atoms with van der Waals surface area (Å²) < 4.78 is 0. The summed E-state index contributed by atoms with van der Waals surface area (Å²) in [6.45, 7) is 0. The Hall–Kier alpha value is -1.31. The Bertz CT molecular complexity index is 534. The summed E-state index contributed by atoms with van der Waals surface area (Å²) in [7, 11) is 0. The molecule has 0 N–H and O–H groups in total. The van der Waals surface area contributed by atoms with Crippen LogP contribution in [0.4, 0.5) is 0 Å². The van der Waals surface area contributed by atoms with E-state index in [1.165, 1.54) is 11.1 Å². The van der Waals surface area contributed by atoms with Crippen LogP contribution >= 0.6 is 23.2 Å². The minimum absolute atomic E-state index is 0.350. The monoisotopic (exact) mass is 334 g/mol. The van der Waals surface area contributed by atoms with E-state index in [-0.39, 0.29) is 0 Å². The zero-order valence-electron chi connectivity index (χ0n) is 12.5. The smallest absolute Gasteiger partial charge is 0.132 e. The summed E-state index contributed by atoms with van der Waals surface area (Å²) in [5.74, 6) is 0.350. The molecule has 0 amide bonds. The van der Waals surface area contributed by atoms with Gasteiger partial charge in [0.2, 0.25) is 0 Å². The van der Waals surface area contributed by atoms with Crippen LogP contribution < -0.4 is 0 Å². The normalized spacial score (nSPS) is 10.6. The Morgan fingerprint density at radius 1 is 0.682 bits per heavy atom. The van der Waals surface area contributed by atoms with E-state index in [0.717, 1.165) is 35.7 Å². The first-order valence-electron chi connectivity index (χ1n) is 7.64. The second-order valence-corrected chi connectivity index (χ2v) is 6.37. The first kappa shape index (κ1) is 17.1. The molecule has 0 heterocycles. The summed E-state index contributed by atoms with van der Waals surface area (Å²) in [6.07, 6.45) is 4.98. The maximum atomic E-state index is 11.9. The highest BCUT2D eigenvalue weighted by molar-refractivity contribution is 6.30. The molecule has 0 aromatic heterocycles. The second kappa shape index (κ2) is 8.97. The molecule has 0 saturated carbocycles. The fourth-order valence-corrected chi connectivity index (χ4v) is 2.66. The molecule has 2 rings (SSSR count). The number of halogens is 2. The largest absolute Gasteiger partial charge is 0.300 e. The number of hydrogen-bond acceptors (Lipinski definition) is 1. The van der Waals surface area contributed by atoms with Crippen LogP contribution in [0.3, 0.4) is 0 Å². The SMILES string of the molecule is O=C(CCCc1ccc(Cl)cc1)CCCc1ccc(Cl)cc1. The molecule has 0 radical (unpaired) electrons. The van der Waals surface area contributed by atoms with E-state index in [0.29, 0.717) is 18.6 Å². The van der Waals surface area contributed by atoms with E-state index in [9.17, 15) is 4.79 Å². The van der Waals surface area contributed by atoms with Crippen molar-refractivity contribution in [2.24, 2.45) is 0 Å². The van der Waals surface area contributed by atoms with Crippen molar-refractivity contribution in [3.8, 4) is 0 Å². The van der Waals surface area contributed by atoms with Crippen LogP contribution in [0.2, 0.25) is 10.0 Å². The van der Waals surface area contributed by atoms with Crippen LogP contribution in [-0.4, -0.2) is 5.78 Å². The molecular weight excluding hydrogens is 315 g/mol. The van der Waals surface area contributed by atoms with Crippen LogP contribution in [0.15, 0.2) is 48.5 Å². The van der Waals surface area contributed by atoms with E-state index in [1.54, 1.807) is 0 Å². The predicted octanol–water partition coefficient (Wildman–Crippen LogP) is 5.91. The molecule has 0 aliphatic carbocycles. The first-order chi connectivity index (χ1) is 10.6. The molecule has 3 heteroatoms. The third-order valence-corrected chi connectivity index (χ3v) is 4.17. The van der Waals surface area contributed by atoms with Crippen LogP contribution in [0.5, 0.6) is 0 Å². The van der Waals surface area contributed by atoms with Gasteiger partial charge in [-0.15, -0.1) is 0 Å². The Morgan fingerprint density at radius 2 is 1.05 bits per heavy atom. The van der Waals surface area contributed by atoms with Crippen molar-refractivity contribution in [2.75, 3.05) is 0 Å². The minimum atomic E-state index is 0.350. The number of ketones is 1. The molecule has 22 heavy (non-hydrogen) atoms. The number of rotatable bonds is 8. The molecule has 0 fully saturated rings. The summed E-state index contributed by atoms with van der Waals surface area (Å²) in [5.41, 5.74) is 2.47. The molecule has 0 atom stereocenters. The molecule has 0 aliphatic heterocycles. The van der Waals surface area contributed by atoms with Crippen molar-refractivity contribution in [3.63, 3.8) is 0 Å². The zero-order chi connectivity index (χ0) is 15.8. The van der Waals surface area contributed by atoms with Crippen molar-refractivity contribution in [3.05, 3.63) is 69.7 Å². The average molecular weight is 335 g/mol. The molecule has 0 aliphatic rings. The van der Waals surface area contributed by atoms with Gasteiger partial charge < -0.3 is 0 Å². The van der Waals surface area contributed by atoms with E-state index < -0.39 is 0 Å². The van der Waals surface area contributed by atoms with Crippen molar-refractivity contribution in [1.29, 1.82) is 0 Å². The Morgan fingerprint density at radius 3 is 1.41 bits per heavy atom. The topological polar surface area (TPSA) is 17.1 Å². The number of carbonyl (C=O) groups excluding carboxylic acids is 1. The van der Waals surface area contributed by atoms with Gasteiger partial charge in [-0.05, 0) is 61.1 Å². The fourth-order valence-electron chi connectivity index (χ4n) is 2.41. The van der Waals surface area contributed by atoms with Gasteiger partial charge >= 0.3 is 0 Å². The Balaban J connectivity index is 1.61. The highest BCUT2D eigenvalue weighted by atomic mass is 35.5. The maximum absolute atomic E-state index is 11.9. The van der Waals surface area contributed by atoms with Crippen molar-refractivity contribution >= 4 is 29.0 Å². The number of Topliss-reactive ketones (excluding diaryl/α,β-unsaturated/α-hetero) is 1. The molecule has 0 unspecified atom stereocenters. The maximum Gasteiger partial charge on any atom is 0.132 e. The number of benzene rings is 2. The fraction of sp³-hybridized carbons (Fsp3) is 0.316. The van der Waals surface area contributed by atoms with Gasteiger partial charge in [-0.1, -0.05) is 47.5 Å². The van der Waals surface area contributed by atoms with Gasteiger partial charge in [0.05, 0.1) is 0 Å². The van der Waals surface area contributed by atoms with Crippen LogP contribution in [-0.2, 0) is 17.6 Å². The highest BCUT2D eigenvalue weighted by Gasteiger charge is 2.03. The molecule has 2 aromatic rings.